The number of nitrogens with zero attached hydrogens (tertiary/aromatic N) is 5. The van der Waals surface area contributed by atoms with Gasteiger partial charge in [-0.2, -0.15) is 0 Å². The Balaban J connectivity index is 1.63. The lowest BCUT2D eigenvalue weighted by molar-refractivity contribution is 0.0695. The van der Waals surface area contributed by atoms with Crippen LogP contribution in [0.2, 0.25) is 0 Å². The van der Waals surface area contributed by atoms with Crippen molar-refractivity contribution >= 4 is 28.4 Å². The number of aromatic carboxylic acids is 1. The lowest BCUT2D eigenvalue weighted by Crippen LogP contribution is -2.29. The number of hydrogen-bond acceptors (Lipinski definition) is 7. The first kappa shape index (κ1) is 25.0. The first-order valence-corrected chi connectivity index (χ1v) is 13.0. The minimum Gasteiger partial charge on any atom is -0.477 e. The molecule has 0 bridgehead atoms. The molecule has 2 aliphatic rings. The van der Waals surface area contributed by atoms with Crippen LogP contribution in [0.1, 0.15) is 28.0 Å². The second-order valence-electron chi connectivity index (χ2n) is 10.3. The Bertz CT molecular complexity index is 1720. The summed E-state index contributed by atoms with van der Waals surface area (Å²) < 4.78 is 16.4. The van der Waals surface area contributed by atoms with E-state index in [9.17, 15) is 19.1 Å². The van der Waals surface area contributed by atoms with Gasteiger partial charge in [0.05, 0.1) is 16.8 Å². The van der Waals surface area contributed by atoms with Crippen LogP contribution in [0.5, 0.6) is 0 Å². The number of aromatic nitrogens is 3. The van der Waals surface area contributed by atoms with Crippen molar-refractivity contribution in [2.75, 3.05) is 50.5 Å². The number of carbonyl (C=O) groups is 1. The lowest BCUT2D eigenvalue weighted by atomic mass is 9.97. The Labute approximate surface area is 224 Å². The third-order valence-corrected chi connectivity index (χ3v) is 7.82. The molecule has 10 heteroatoms. The van der Waals surface area contributed by atoms with E-state index in [4.69, 9.17) is 4.98 Å². The summed E-state index contributed by atoms with van der Waals surface area (Å²) in [5.41, 5.74) is 6.21. The molecule has 9 nitrogen and oxygen atoms in total. The van der Waals surface area contributed by atoms with Crippen molar-refractivity contribution in [1.29, 1.82) is 0 Å². The second kappa shape index (κ2) is 9.46. The zero-order valence-corrected chi connectivity index (χ0v) is 22.1. The number of pyridine rings is 3. The molecule has 0 radical (unpaired) electrons. The zero-order chi connectivity index (χ0) is 27.4. The van der Waals surface area contributed by atoms with Crippen LogP contribution in [0, 0.1) is 5.82 Å². The molecule has 4 aromatic rings. The fourth-order valence-electron chi connectivity index (χ4n) is 5.87. The van der Waals surface area contributed by atoms with Crippen molar-refractivity contribution < 1.29 is 14.3 Å². The van der Waals surface area contributed by atoms with Crippen molar-refractivity contribution in [1.82, 2.24) is 19.4 Å². The van der Waals surface area contributed by atoms with Gasteiger partial charge in [0.15, 0.2) is 0 Å². The van der Waals surface area contributed by atoms with Crippen LogP contribution in [0.25, 0.3) is 33.3 Å². The molecule has 1 aromatic carbocycles. The second-order valence-corrected chi connectivity index (χ2v) is 10.3. The van der Waals surface area contributed by atoms with E-state index in [1.165, 1.54) is 12.3 Å². The molecule has 4 heterocycles. The van der Waals surface area contributed by atoms with Crippen LogP contribution in [0.15, 0.2) is 41.6 Å². The van der Waals surface area contributed by atoms with Crippen molar-refractivity contribution in [3.05, 3.63) is 69.7 Å². The zero-order valence-electron chi connectivity index (χ0n) is 22.1. The van der Waals surface area contributed by atoms with Crippen LogP contribution in [-0.4, -0.2) is 70.8 Å². The minimum atomic E-state index is -1.28. The van der Waals surface area contributed by atoms with Crippen molar-refractivity contribution in [3.63, 3.8) is 0 Å². The Morgan fingerprint density at radius 2 is 1.87 bits per heavy atom. The van der Waals surface area contributed by atoms with Crippen LogP contribution in [0.4, 0.5) is 15.8 Å². The number of carboxylic acids is 1. The first-order chi connectivity index (χ1) is 18.8. The van der Waals surface area contributed by atoms with Gasteiger partial charge in [-0.25, -0.2) is 14.2 Å². The Hall–Kier alpha value is -4.31. The molecule has 1 saturated heterocycles. The maximum atomic E-state index is 14.8. The maximum absolute atomic E-state index is 14.8. The van der Waals surface area contributed by atoms with Gasteiger partial charge >= 0.3 is 5.97 Å². The molecule has 1 fully saturated rings. The van der Waals surface area contributed by atoms with E-state index in [0.29, 0.717) is 17.6 Å². The third-order valence-electron chi connectivity index (χ3n) is 7.82. The average Bonchev–Trinajstić information content (AvgIpc) is 3.15. The molecule has 0 saturated carbocycles. The fourth-order valence-corrected chi connectivity index (χ4v) is 5.87. The van der Waals surface area contributed by atoms with E-state index in [0.717, 1.165) is 71.9 Å². The number of nitrogens with one attached hydrogen (secondary N) is 1. The topological polar surface area (TPSA) is 104 Å². The van der Waals surface area contributed by atoms with E-state index < -0.39 is 11.4 Å². The third kappa shape index (κ3) is 4.11. The van der Waals surface area contributed by atoms with Gasteiger partial charge in [0.1, 0.15) is 17.0 Å². The highest BCUT2D eigenvalue weighted by Gasteiger charge is 2.31. The van der Waals surface area contributed by atoms with Gasteiger partial charge in [0.25, 0.3) is 0 Å². The number of rotatable bonds is 4. The van der Waals surface area contributed by atoms with Gasteiger partial charge in [-0.05, 0) is 49.3 Å². The molecular weight excluding hydrogens is 499 g/mol. The summed E-state index contributed by atoms with van der Waals surface area (Å²) in [6, 6.07) is 4.79. The van der Waals surface area contributed by atoms with Crippen LogP contribution in [0.3, 0.4) is 0 Å². The fraction of sp³-hybridized carbons (Fsp3) is 0.310. The van der Waals surface area contributed by atoms with Crippen molar-refractivity contribution in [3.8, 4) is 22.3 Å². The molecule has 6 rings (SSSR count). The summed E-state index contributed by atoms with van der Waals surface area (Å²) >= 11 is 0. The van der Waals surface area contributed by atoms with Crippen molar-refractivity contribution in [2.45, 2.75) is 12.8 Å². The van der Waals surface area contributed by atoms with Gasteiger partial charge in [-0.1, -0.05) is 0 Å². The predicted octanol–water partition coefficient (Wildman–Crippen LogP) is 3.59. The summed E-state index contributed by atoms with van der Waals surface area (Å²) in [6.07, 6.45) is 6.34. The van der Waals surface area contributed by atoms with Gasteiger partial charge < -0.3 is 24.8 Å². The van der Waals surface area contributed by atoms with E-state index >= 15 is 0 Å². The highest BCUT2D eigenvalue weighted by molar-refractivity contribution is 5.98. The average molecular weight is 529 g/mol. The van der Waals surface area contributed by atoms with E-state index in [2.05, 4.69) is 27.1 Å². The van der Waals surface area contributed by atoms with Gasteiger partial charge in [-0.3, -0.25) is 9.78 Å². The summed E-state index contributed by atoms with van der Waals surface area (Å²) in [5.74, 6) is -1.61. The van der Waals surface area contributed by atoms with E-state index in [-0.39, 0.29) is 16.8 Å². The number of anilines is 2. The van der Waals surface area contributed by atoms with Gasteiger partial charge in [-0.15, -0.1) is 0 Å². The van der Waals surface area contributed by atoms with Crippen LogP contribution < -0.4 is 15.6 Å². The van der Waals surface area contributed by atoms with Crippen molar-refractivity contribution in [2.24, 2.45) is 7.05 Å². The Morgan fingerprint density at radius 1 is 1.05 bits per heavy atom. The maximum Gasteiger partial charge on any atom is 0.341 e. The largest absolute Gasteiger partial charge is 0.477 e. The molecule has 0 spiro atoms. The molecule has 0 atom stereocenters. The van der Waals surface area contributed by atoms with Gasteiger partial charge in [0.2, 0.25) is 5.43 Å². The van der Waals surface area contributed by atoms with E-state index in [1.807, 2.05) is 0 Å². The normalized spacial score (nSPS) is 15.2. The first-order valence-electron chi connectivity index (χ1n) is 13.0. The molecular formula is C29H29FN6O3. The number of benzene rings is 1. The van der Waals surface area contributed by atoms with E-state index in [1.54, 1.807) is 43.2 Å². The molecule has 39 heavy (non-hydrogen) atoms. The lowest BCUT2D eigenvalue weighted by Gasteiger charge is -2.28. The SMILES string of the molecule is CNc1cc(F)cc2c1Cc1ncc(-c3cnc4c(c3)c(=O)c(C(=O)O)cn4C)c(N3CCCN(C)CC3)c1-2. The molecule has 0 amide bonds. The summed E-state index contributed by atoms with van der Waals surface area (Å²) in [7, 11) is 5.56. The van der Waals surface area contributed by atoms with Crippen LogP contribution in [-0.2, 0) is 13.5 Å². The summed E-state index contributed by atoms with van der Waals surface area (Å²) in [4.78, 5) is 38.8. The molecule has 0 unspecified atom stereocenters. The number of halogens is 1. The monoisotopic (exact) mass is 528 g/mol. The molecule has 2 N–H and O–H groups in total. The number of carboxylic acid groups (broad SMARTS) is 1. The summed E-state index contributed by atoms with van der Waals surface area (Å²) in [5, 5.41) is 12.9. The Kier molecular flexibility index (Phi) is 6.06. The number of likely N-dealkylation sites (N-methyl/N-ethyl adjacent to an activating group) is 1. The quantitative estimate of drug-likeness (QED) is 0.365. The molecule has 200 valence electrons. The molecule has 1 aliphatic carbocycles. The number of hydrogen-bond donors (Lipinski definition) is 2. The minimum absolute atomic E-state index is 0.223. The van der Waals surface area contributed by atoms with Crippen LogP contribution >= 0.6 is 0 Å². The standard InChI is InChI=1S/C29H29FN6O3/c1-31-23-11-17(30)10-19-18(23)12-24-25(19)26(36-6-4-5-34(2)7-8-36)21(14-32-24)16-9-20-27(37)22(29(38)39)15-35(3)28(20)33-13-16/h9-11,13-15,31H,4-8,12H2,1-3H3,(H,38,39). The molecule has 3 aromatic heterocycles. The number of aryl methyl sites for hydroxylation is 1. The highest BCUT2D eigenvalue weighted by atomic mass is 19.1. The smallest absolute Gasteiger partial charge is 0.341 e. The van der Waals surface area contributed by atoms with Gasteiger partial charge in [0, 0.05) is 81.1 Å². The highest BCUT2D eigenvalue weighted by Crippen LogP contribution is 2.48. The molecule has 1 aliphatic heterocycles. The predicted molar refractivity (Wildman–Crippen MR) is 149 cm³/mol. The number of fused-ring (bicyclic) bond motifs is 4. The summed E-state index contributed by atoms with van der Waals surface area (Å²) in [6.45, 7) is 3.42. The Morgan fingerprint density at radius 3 is 2.64 bits per heavy atom.